The first-order chi connectivity index (χ1) is 12.8. The maximum Gasteiger partial charge on any atom is 0.147 e. The second-order valence-electron chi connectivity index (χ2n) is 6.50. The highest BCUT2D eigenvalue weighted by molar-refractivity contribution is 6.32. The first-order valence-corrected chi connectivity index (χ1v) is 8.85. The largest absolute Gasteiger partial charge is 0.292 e. The van der Waals surface area contributed by atoms with Crippen LogP contribution in [0.5, 0.6) is 0 Å². The molecule has 0 saturated heterocycles. The van der Waals surface area contributed by atoms with Gasteiger partial charge in [0.25, 0.3) is 0 Å². The molecule has 0 aliphatic rings. The van der Waals surface area contributed by atoms with Crippen molar-refractivity contribution in [2.24, 2.45) is 0 Å². The third-order valence-electron chi connectivity index (χ3n) is 4.98. The number of fused-ring (bicyclic) bond motifs is 9. The summed E-state index contributed by atoms with van der Waals surface area (Å²) in [5.41, 5.74) is 5.96. The second kappa shape index (κ2) is 4.93. The summed E-state index contributed by atoms with van der Waals surface area (Å²) in [6, 6.07) is 24.5. The van der Waals surface area contributed by atoms with E-state index in [1.807, 2.05) is 48.5 Å². The van der Waals surface area contributed by atoms with Crippen molar-refractivity contribution in [2.75, 3.05) is 0 Å². The van der Waals surface area contributed by atoms with Crippen molar-refractivity contribution < 1.29 is 0 Å². The highest BCUT2D eigenvalue weighted by Gasteiger charge is 2.15. The van der Waals surface area contributed by atoms with Crippen LogP contribution in [0.25, 0.3) is 49.4 Å². The Morgan fingerprint density at radius 3 is 2.42 bits per heavy atom. The minimum atomic E-state index is 0.706. The van der Waals surface area contributed by atoms with Crippen molar-refractivity contribution in [3.05, 3.63) is 77.8 Å². The van der Waals surface area contributed by atoms with E-state index in [2.05, 4.69) is 28.7 Å². The first-order valence-electron chi connectivity index (χ1n) is 8.47. The van der Waals surface area contributed by atoms with Crippen molar-refractivity contribution in [1.82, 2.24) is 14.4 Å². The van der Waals surface area contributed by atoms with Crippen molar-refractivity contribution >= 4 is 61.0 Å². The summed E-state index contributed by atoms with van der Waals surface area (Å²) in [6.07, 6.45) is 0. The Hall–Kier alpha value is -3.17. The van der Waals surface area contributed by atoms with Crippen LogP contribution in [0.2, 0.25) is 5.02 Å². The summed E-state index contributed by atoms with van der Waals surface area (Å²) in [5.74, 6) is 0. The molecule has 0 atom stereocenters. The number of nitrogens with zero attached hydrogens (tertiary/aromatic N) is 3. The number of pyridine rings is 2. The average Bonchev–Trinajstić information content (AvgIpc) is 3.07. The van der Waals surface area contributed by atoms with Crippen LogP contribution in [-0.4, -0.2) is 14.4 Å². The quantitative estimate of drug-likeness (QED) is 0.248. The number of aromatic nitrogens is 3. The molecule has 3 aromatic carbocycles. The highest BCUT2D eigenvalue weighted by atomic mass is 35.5. The van der Waals surface area contributed by atoms with Gasteiger partial charge in [-0.3, -0.25) is 4.40 Å². The van der Waals surface area contributed by atoms with E-state index in [1.165, 1.54) is 0 Å². The summed E-state index contributed by atoms with van der Waals surface area (Å²) in [5, 5.41) is 3.89. The molecule has 0 spiro atoms. The van der Waals surface area contributed by atoms with E-state index in [9.17, 15) is 0 Å². The minimum absolute atomic E-state index is 0.706. The highest BCUT2D eigenvalue weighted by Crippen LogP contribution is 2.34. The van der Waals surface area contributed by atoms with Gasteiger partial charge < -0.3 is 0 Å². The third-order valence-corrected chi connectivity index (χ3v) is 5.22. The molecule has 0 amide bonds. The Labute approximate surface area is 153 Å². The molecule has 0 N–H and O–H groups in total. The number of benzene rings is 3. The maximum atomic E-state index is 6.33. The van der Waals surface area contributed by atoms with Crippen LogP contribution >= 0.6 is 11.6 Å². The van der Waals surface area contributed by atoms with E-state index >= 15 is 0 Å². The van der Waals surface area contributed by atoms with Gasteiger partial charge in [-0.05, 0) is 42.5 Å². The standard InChI is InChI=1S/C22H12ClN3/c23-14-9-10-19-15(12-14)21-16(11-13-5-1-2-6-17(13)24-21)22-25-18-7-3-4-8-20(18)26(19)22/h1-12H. The lowest BCUT2D eigenvalue weighted by molar-refractivity contribution is 1.31. The third kappa shape index (κ3) is 1.78. The number of rotatable bonds is 0. The van der Waals surface area contributed by atoms with Crippen molar-refractivity contribution in [3.8, 4) is 0 Å². The Bertz CT molecular complexity index is 1500. The van der Waals surface area contributed by atoms with Crippen molar-refractivity contribution in [2.45, 2.75) is 0 Å². The smallest absolute Gasteiger partial charge is 0.147 e. The molecule has 6 rings (SSSR count). The summed E-state index contributed by atoms with van der Waals surface area (Å²) in [7, 11) is 0. The Kier molecular flexibility index (Phi) is 2.66. The van der Waals surface area contributed by atoms with Crippen LogP contribution in [-0.2, 0) is 0 Å². The fourth-order valence-corrected chi connectivity index (χ4v) is 4.01. The monoisotopic (exact) mass is 353 g/mol. The molecule has 0 aliphatic heterocycles. The number of hydrogen-bond donors (Lipinski definition) is 0. The van der Waals surface area contributed by atoms with Crippen LogP contribution in [0.4, 0.5) is 0 Å². The molecule has 4 heteroatoms. The van der Waals surface area contributed by atoms with E-state index in [1.54, 1.807) is 0 Å². The van der Waals surface area contributed by atoms with E-state index in [0.717, 1.165) is 49.4 Å². The van der Waals surface area contributed by atoms with Crippen LogP contribution in [0, 0.1) is 0 Å². The number of halogens is 1. The van der Waals surface area contributed by atoms with Crippen molar-refractivity contribution in [1.29, 1.82) is 0 Å². The summed E-state index contributed by atoms with van der Waals surface area (Å²) < 4.78 is 2.21. The summed E-state index contributed by atoms with van der Waals surface area (Å²) >= 11 is 6.33. The van der Waals surface area contributed by atoms with Crippen molar-refractivity contribution in [3.63, 3.8) is 0 Å². The topological polar surface area (TPSA) is 30.2 Å². The lowest BCUT2D eigenvalue weighted by Crippen LogP contribution is -1.93. The second-order valence-corrected chi connectivity index (χ2v) is 6.93. The molecule has 3 aromatic heterocycles. The molecule has 6 aromatic rings. The molecule has 26 heavy (non-hydrogen) atoms. The molecule has 0 aliphatic carbocycles. The van der Waals surface area contributed by atoms with Crippen LogP contribution in [0.1, 0.15) is 0 Å². The van der Waals surface area contributed by atoms with Gasteiger partial charge in [0.2, 0.25) is 0 Å². The van der Waals surface area contributed by atoms with E-state index in [-0.39, 0.29) is 0 Å². The fraction of sp³-hybridized carbons (Fsp3) is 0. The lowest BCUT2D eigenvalue weighted by Gasteiger charge is -2.10. The van der Waals surface area contributed by atoms with E-state index < -0.39 is 0 Å². The normalized spacial score (nSPS) is 12.0. The zero-order valence-electron chi connectivity index (χ0n) is 13.6. The lowest BCUT2D eigenvalue weighted by atomic mass is 10.1. The molecule has 122 valence electrons. The molecule has 3 nitrogen and oxygen atoms in total. The SMILES string of the molecule is Clc1ccc2c(c1)c1nc3ccccc3cc1c1nc3ccccc3n21. The van der Waals surface area contributed by atoms with Crippen LogP contribution < -0.4 is 0 Å². The van der Waals surface area contributed by atoms with Gasteiger partial charge >= 0.3 is 0 Å². The number of imidazole rings is 1. The van der Waals surface area contributed by atoms with Gasteiger partial charge in [-0.2, -0.15) is 0 Å². The maximum absolute atomic E-state index is 6.33. The zero-order valence-corrected chi connectivity index (χ0v) is 14.4. The molecule has 0 bridgehead atoms. The average molecular weight is 354 g/mol. The predicted molar refractivity (Wildman–Crippen MR) is 108 cm³/mol. The molecular weight excluding hydrogens is 342 g/mol. The van der Waals surface area contributed by atoms with E-state index in [0.29, 0.717) is 5.02 Å². The number of hydrogen-bond acceptors (Lipinski definition) is 2. The predicted octanol–water partition coefficient (Wildman–Crippen LogP) is 6.00. The van der Waals surface area contributed by atoms with Gasteiger partial charge in [0.15, 0.2) is 0 Å². The van der Waals surface area contributed by atoms with E-state index in [4.69, 9.17) is 21.6 Å². The van der Waals surface area contributed by atoms with Gasteiger partial charge in [0.1, 0.15) is 5.65 Å². The zero-order chi connectivity index (χ0) is 17.3. The molecule has 3 heterocycles. The number of para-hydroxylation sites is 3. The minimum Gasteiger partial charge on any atom is -0.292 e. The van der Waals surface area contributed by atoms with Crippen LogP contribution in [0.15, 0.2) is 72.8 Å². The Morgan fingerprint density at radius 2 is 1.50 bits per heavy atom. The Balaban J connectivity index is 2.01. The fourth-order valence-electron chi connectivity index (χ4n) is 3.84. The molecule has 0 radical (unpaired) electrons. The van der Waals surface area contributed by atoms with Gasteiger partial charge in [-0.1, -0.05) is 41.9 Å². The van der Waals surface area contributed by atoms with Gasteiger partial charge in [-0.25, -0.2) is 9.97 Å². The molecule has 0 unspecified atom stereocenters. The molecular formula is C22H12ClN3. The van der Waals surface area contributed by atoms with Gasteiger partial charge in [0, 0.05) is 21.2 Å². The molecule has 0 fully saturated rings. The van der Waals surface area contributed by atoms with Crippen LogP contribution in [0.3, 0.4) is 0 Å². The van der Waals surface area contributed by atoms with Gasteiger partial charge in [-0.15, -0.1) is 0 Å². The van der Waals surface area contributed by atoms with Gasteiger partial charge in [0.05, 0.1) is 27.6 Å². The Morgan fingerprint density at radius 1 is 0.692 bits per heavy atom. The summed E-state index contributed by atoms with van der Waals surface area (Å²) in [4.78, 5) is 9.87. The molecule has 0 saturated carbocycles. The first kappa shape index (κ1) is 14.0. The summed E-state index contributed by atoms with van der Waals surface area (Å²) in [6.45, 7) is 0.